The second kappa shape index (κ2) is 4.07. The Hall–Kier alpha value is -0.600. The maximum absolute atomic E-state index is 5.70. The normalized spacial score (nSPS) is 11.7. The minimum atomic E-state index is 0.0896. The summed E-state index contributed by atoms with van der Waals surface area (Å²) >= 11 is 5.70. The molecule has 0 saturated heterocycles. The first-order valence-electron chi connectivity index (χ1n) is 4.38. The van der Waals surface area contributed by atoms with Crippen molar-refractivity contribution in [1.82, 2.24) is 4.98 Å². The van der Waals surface area contributed by atoms with E-state index < -0.39 is 0 Å². The molecule has 0 atom stereocenters. The molecular weight excluding hydrogens is 184 g/mol. The van der Waals surface area contributed by atoms with E-state index in [1.807, 2.05) is 18.3 Å². The van der Waals surface area contributed by atoms with Gasteiger partial charge in [0.1, 0.15) is 5.15 Å². The maximum atomic E-state index is 5.70. The molecule has 0 aliphatic heterocycles. The number of rotatable bonds is 3. The standard InChI is InChI=1S/C10H15ClN2/c1-10(2,5-6-12)8-3-4-9(11)13-7-8/h3-4,7H,5-6,12H2,1-2H3. The topological polar surface area (TPSA) is 38.9 Å². The summed E-state index contributed by atoms with van der Waals surface area (Å²) in [6.07, 6.45) is 2.77. The third-order valence-corrected chi connectivity index (χ3v) is 2.50. The van der Waals surface area contributed by atoms with Gasteiger partial charge in [-0.1, -0.05) is 31.5 Å². The van der Waals surface area contributed by atoms with Gasteiger partial charge >= 0.3 is 0 Å². The number of hydrogen-bond donors (Lipinski definition) is 1. The molecule has 1 rings (SSSR count). The monoisotopic (exact) mass is 198 g/mol. The van der Waals surface area contributed by atoms with Gasteiger partial charge in [-0.25, -0.2) is 4.98 Å². The number of hydrogen-bond acceptors (Lipinski definition) is 2. The minimum Gasteiger partial charge on any atom is -0.330 e. The van der Waals surface area contributed by atoms with Crippen molar-refractivity contribution in [2.75, 3.05) is 6.54 Å². The maximum Gasteiger partial charge on any atom is 0.129 e. The van der Waals surface area contributed by atoms with Crippen LogP contribution in [0.15, 0.2) is 18.3 Å². The van der Waals surface area contributed by atoms with Crippen molar-refractivity contribution in [1.29, 1.82) is 0 Å². The average molecular weight is 199 g/mol. The Morgan fingerprint density at radius 2 is 2.15 bits per heavy atom. The molecule has 0 amide bonds. The zero-order chi connectivity index (χ0) is 9.90. The van der Waals surface area contributed by atoms with Crippen molar-refractivity contribution in [2.24, 2.45) is 5.73 Å². The van der Waals surface area contributed by atoms with E-state index >= 15 is 0 Å². The number of aromatic nitrogens is 1. The van der Waals surface area contributed by atoms with Crippen LogP contribution in [0, 0.1) is 0 Å². The van der Waals surface area contributed by atoms with E-state index in [4.69, 9.17) is 17.3 Å². The van der Waals surface area contributed by atoms with Crippen LogP contribution in [0.3, 0.4) is 0 Å². The van der Waals surface area contributed by atoms with Gasteiger partial charge < -0.3 is 5.73 Å². The van der Waals surface area contributed by atoms with E-state index in [9.17, 15) is 0 Å². The van der Waals surface area contributed by atoms with Gasteiger partial charge in [0.2, 0.25) is 0 Å². The van der Waals surface area contributed by atoms with Crippen LogP contribution >= 0.6 is 11.6 Å². The number of nitrogens with two attached hydrogens (primary N) is 1. The lowest BCUT2D eigenvalue weighted by molar-refractivity contribution is 0.486. The van der Waals surface area contributed by atoms with Gasteiger partial charge in [-0.15, -0.1) is 0 Å². The van der Waals surface area contributed by atoms with Gasteiger partial charge in [0, 0.05) is 6.20 Å². The molecule has 1 heterocycles. The van der Waals surface area contributed by atoms with E-state index in [0.29, 0.717) is 11.7 Å². The zero-order valence-corrected chi connectivity index (χ0v) is 8.80. The van der Waals surface area contributed by atoms with Crippen LogP contribution in [0.2, 0.25) is 5.15 Å². The second-order valence-electron chi connectivity index (χ2n) is 3.79. The molecule has 0 bridgehead atoms. The van der Waals surface area contributed by atoms with Crippen LogP contribution in [-0.2, 0) is 5.41 Å². The predicted molar refractivity (Wildman–Crippen MR) is 55.9 cm³/mol. The lowest BCUT2D eigenvalue weighted by Crippen LogP contribution is -2.21. The Kier molecular flexibility index (Phi) is 3.28. The van der Waals surface area contributed by atoms with Crippen LogP contribution in [-0.4, -0.2) is 11.5 Å². The van der Waals surface area contributed by atoms with Crippen molar-refractivity contribution in [3.05, 3.63) is 29.0 Å². The number of halogens is 1. The molecule has 0 unspecified atom stereocenters. The van der Waals surface area contributed by atoms with E-state index in [-0.39, 0.29) is 5.41 Å². The molecule has 72 valence electrons. The quantitative estimate of drug-likeness (QED) is 0.758. The van der Waals surface area contributed by atoms with Crippen molar-refractivity contribution < 1.29 is 0 Å². The summed E-state index contributed by atoms with van der Waals surface area (Å²) in [7, 11) is 0. The Morgan fingerprint density at radius 1 is 1.46 bits per heavy atom. The fourth-order valence-electron chi connectivity index (χ4n) is 1.28. The molecule has 13 heavy (non-hydrogen) atoms. The molecular formula is C10H15ClN2. The van der Waals surface area contributed by atoms with Crippen molar-refractivity contribution in [3.63, 3.8) is 0 Å². The number of pyridine rings is 1. The summed E-state index contributed by atoms with van der Waals surface area (Å²) in [5.41, 5.74) is 6.81. The average Bonchev–Trinajstić information content (AvgIpc) is 2.05. The predicted octanol–water partition coefficient (Wildman–Crippen LogP) is 2.36. The molecule has 0 aromatic carbocycles. The molecule has 0 radical (unpaired) electrons. The summed E-state index contributed by atoms with van der Waals surface area (Å²) in [5, 5.41) is 0.535. The lowest BCUT2D eigenvalue weighted by atomic mass is 9.83. The summed E-state index contributed by atoms with van der Waals surface area (Å²) < 4.78 is 0. The SMILES string of the molecule is CC(C)(CCN)c1ccc(Cl)nc1. The Morgan fingerprint density at radius 3 is 2.62 bits per heavy atom. The Bertz CT molecular complexity index is 267. The van der Waals surface area contributed by atoms with E-state index in [1.54, 1.807) is 0 Å². The fraction of sp³-hybridized carbons (Fsp3) is 0.500. The van der Waals surface area contributed by atoms with Gasteiger partial charge in [0.05, 0.1) is 0 Å². The summed E-state index contributed by atoms with van der Waals surface area (Å²) in [5.74, 6) is 0. The van der Waals surface area contributed by atoms with Crippen LogP contribution in [0.4, 0.5) is 0 Å². The molecule has 1 aromatic rings. The van der Waals surface area contributed by atoms with Gasteiger partial charge in [-0.05, 0) is 30.0 Å². The molecule has 0 spiro atoms. The highest BCUT2D eigenvalue weighted by Gasteiger charge is 2.19. The zero-order valence-electron chi connectivity index (χ0n) is 8.05. The van der Waals surface area contributed by atoms with Crippen molar-refractivity contribution in [2.45, 2.75) is 25.7 Å². The third kappa shape index (κ3) is 2.68. The lowest BCUT2D eigenvalue weighted by Gasteiger charge is -2.23. The van der Waals surface area contributed by atoms with Gasteiger partial charge in [0.15, 0.2) is 0 Å². The molecule has 0 fully saturated rings. The largest absolute Gasteiger partial charge is 0.330 e. The van der Waals surface area contributed by atoms with Gasteiger partial charge in [-0.2, -0.15) is 0 Å². The smallest absolute Gasteiger partial charge is 0.129 e. The molecule has 3 heteroatoms. The summed E-state index contributed by atoms with van der Waals surface area (Å²) in [6.45, 7) is 5.01. The first kappa shape index (κ1) is 10.5. The summed E-state index contributed by atoms with van der Waals surface area (Å²) in [6, 6.07) is 3.82. The van der Waals surface area contributed by atoms with E-state index in [2.05, 4.69) is 18.8 Å². The molecule has 2 nitrogen and oxygen atoms in total. The first-order chi connectivity index (χ1) is 6.06. The third-order valence-electron chi connectivity index (χ3n) is 2.28. The molecule has 0 aliphatic carbocycles. The Labute approximate surface area is 84.1 Å². The first-order valence-corrected chi connectivity index (χ1v) is 4.76. The highest BCUT2D eigenvalue weighted by atomic mass is 35.5. The fourth-order valence-corrected chi connectivity index (χ4v) is 1.39. The number of nitrogens with zero attached hydrogens (tertiary/aromatic N) is 1. The van der Waals surface area contributed by atoms with Gasteiger partial charge in [-0.3, -0.25) is 0 Å². The van der Waals surface area contributed by atoms with Crippen LogP contribution in [0.1, 0.15) is 25.8 Å². The molecule has 1 aromatic heterocycles. The van der Waals surface area contributed by atoms with E-state index in [0.717, 1.165) is 6.42 Å². The summed E-state index contributed by atoms with van der Waals surface area (Å²) in [4.78, 5) is 4.05. The van der Waals surface area contributed by atoms with Gasteiger partial charge in [0.25, 0.3) is 0 Å². The van der Waals surface area contributed by atoms with Crippen LogP contribution < -0.4 is 5.73 Å². The van der Waals surface area contributed by atoms with Crippen LogP contribution in [0.5, 0.6) is 0 Å². The second-order valence-corrected chi connectivity index (χ2v) is 4.18. The molecule has 0 aliphatic rings. The van der Waals surface area contributed by atoms with Crippen molar-refractivity contribution >= 4 is 11.6 Å². The highest BCUT2D eigenvalue weighted by Crippen LogP contribution is 2.26. The molecule has 0 saturated carbocycles. The highest BCUT2D eigenvalue weighted by molar-refractivity contribution is 6.29. The van der Waals surface area contributed by atoms with Crippen LogP contribution in [0.25, 0.3) is 0 Å². The minimum absolute atomic E-state index is 0.0896. The molecule has 2 N–H and O–H groups in total. The van der Waals surface area contributed by atoms with E-state index in [1.165, 1.54) is 5.56 Å². The van der Waals surface area contributed by atoms with Crippen molar-refractivity contribution in [3.8, 4) is 0 Å². The Balaban J connectivity index is 2.87.